The average Bonchev–Trinajstić information content (AvgIpc) is 2.17. The number of fused-ring (bicyclic) bond motifs is 1. The Morgan fingerprint density at radius 3 is 3.21 bits per heavy atom. The normalized spacial score (nSPS) is 30.1. The Morgan fingerprint density at radius 1 is 1.71 bits per heavy atom. The van der Waals surface area contributed by atoms with Gasteiger partial charge in [-0.3, -0.25) is 9.79 Å². The van der Waals surface area contributed by atoms with Crippen molar-refractivity contribution in [1.82, 2.24) is 5.32 Å². The quantitative estimate of drug-likeness (QED) is 0.601. The number of carbonyl (C=O) groups is 1. The molecule has 2 rings (SSSR count). The highest BCUT2D eigenvalue weighted by atomic mass is 16.1. The number of rotatable bonds is 0. The molecule has 2 aliphatic rings. The van der Waals surface area contributed by atoms with Crippen molar-refractivity contribution in [3.63, 3.8) is 0 Å². The number of nitrogens with zero attached hydrogens (tertiary/aromatic N) is 2. The molecule has 0 aromatic heterocycles. The van der Waals surface area contributed by atoms with E-state index in [-0.39, 0.29) is 23.4 Å². The van der Waals surface area contributed by atoms with Gasteiger partial charge in [0.1, 0.15) is 11.6 Å². The number of aliphatic imine (C=N–C) groups is 1. The van der Waals surface area contributed by atoms with Crippen LogP contribution in [0, 0.1) is 17.2 Å². The summed E-state index contributed by atoms with van der Waals surface area (Å²) in [5.41, 5.74) is 0.860. The molecule has 0 saturated carbocycles. The number of hydrogen-bond acceptors (Lipinski definition) is 3. The minimum atomic E-state index is -0.295. The number of hydrogen-bond donors (Lipinski definition) is 1. The van der Waals surface area contributed by atoms with E-state index in [2.05, 4.69) is 16.9 Å². The number of carbonyl (C=O) groups excluding carboxylic acids is 1. The lowest BCUT2D eigenvalue weighted by Crippen LogP contribution is -2.45. The summed E-state index contributed by atoms with van der Waals surface area (Å²) in [6.07, 6.45) is 4.10. The van der Waals surface area contributed by atoms with Crippen molar-refractivity contribution in [2.45, 2.75) is 12.5 Å². The van der Waals surface area contributed by atoms with Gasteiger partial charge in [0.15, 0.2) is 0 Å². The fraction of sp³-hybridized carbons (Fsp3) is 0.300. The van der Waals surface area contributed by atoms with Gasteiger partial charge in [-0.05, 0) is 6.08 Å². The van der Waals surface area contributed by atoms with Gasteiger partial charge in [0.25, 0.3) is 5.91 Å². The Labute approximate surface area is 81.6 Å². The van der Waals surface area contributed by atoms with Crippen LogP contribution < -0.4 is 5.32 Å². The van der Waals surface area contributed by atoms with Gasteiger partial charge >= 0.3 is 0 Å². The first-order valence-electron chi connectivity index (χ1n) is 4.36. The lowest BCUT2D eigenvalue weighted by Gasteiger charge is -2.31. The Morgan fingerprint density at radius 2 is 2.50 bits per heavy atom. The summed E-state index contributed by atoms with van der Waals surface area (Å²) in [4.78, 5) is 15.4. The van der Waals surface area contributed by atoms with Crippen LogP contribution >= 0.6 is 0 Å². The van der Waals surface area contributed by atoms with Gasteiger partial charge in [-0.1, -0.05) is 6.58 Å². The van der Waals surface area contributed by atoms with Crippen molar-refractivity contribution in [2.75, 3.05) is 0 Å². The molecule has 0 aliphatic carbocycles. The lowest BCUT2D eigenvalue weighted by atomic mass is 9.87. The highest BCUT2D eigenvalue weighted by Gasteiger charge is 2.32. The molecular weight excluding hydrogens is 178 g/mol. The second kappa shape index (κ2) is 3.11. The molecule has 0 saturated heterocycles. The van der Waals surface area contributed by atoms with Crippen molar-refractivity contribution in [3.8, 4) is 6.07 Å². The van der Waals surface area contributed by atoms with Crippen LogP contribution in [0.5, 0.6) is 0 Å². The summed E-state index contributed by atoms with van der Waals surface area (Å²) >= 11 is 0. The van der Waals surface area contributed by atoms with Crippen LogP contribution in [0.1, 0.15) is 6.42 Å². The van der Waals surface area contributed by atoms with E-state index < -0.39 is 0 Å². The standard InChI is InChI=1S/C10H9N3O/c1-6-8-4-7(5-11)10(14)13-9(8)2-3-12-6/h3-4,8-9H,1-2H2,(H,13,14)/t8-,9-/m1/s1. The molecule has 4 nitrogen and oxygen atoms in total. The zero-order chi connectivity index (χ0) is 10.1. The largest absolute Gasteiger partial charge is 0.347 e. The molecular formula is C10H9N3O. The molecule has 2 atom stereocenters. The summed E-state index contributed by atoms with van der Waals surface area (Å²) in [6, 6.07) is 1.88. The van der Waals surface area contributed by atoms with Crippen LogP contribution in [0.2, 0.25) is 0 Å². The number of nitriles is 1. The molecule has 0 fully saturated rings. The lowest BCUT2D eigenvalue weighted by molar-refractivity contribution is -0.118. The van der Waals surface area contributed by atoms with Crippen molar-refractivity contribution in [1.29, 1.82) is 5.26 Å². The molecule has 2 aliphatic heterocycles. The number of nitrogens with one attached hydrogen (secondary N) is 1. The first-order valence-corrected chi connectivity index (χ1v) is 4.36. The molecule has 1 amide bonds. The smallest absolute Gasteiger partial charge is 0.261 e. The molecule has 1 N–H and O–H groups in total. The SMILES string of the molecule is C=C1N=CC[C@H]2NC(=O)C(C#N)=C[C@H]12. The third-order valence-corrected chi connectivity index (χ3v) is 2.46. The highest BCUT2D eigenvalue weighted by Crippen LogP contribution is 2.26. The maximum absolute atomic E-state index is 11.3. The van der Waals surface area contributed by atoms with E-state index in [0.29, 0.717) is 12.1 Å². The minimum absolute atomic E-state index is 0.0181. The van der Waals surface area contributed by atoms with Gasteiger partial charge in [-0.2, -0.15) is 5.26 Å². The van der Waals surface area contributed by atoms with Gasteiger partial charge in [0.2, 0.25) is 0 Å². The maximum Gasteiger partial charge on any atom is 0.261 e. The molecule has 0 aromatic carbocycles. The summed E-state index contributed by atoms with van der Waals surface area (Å²) in [6.45, 7) is 3.79. The van der Waals surface area contributed by atoms with Gasteiger partial charge in [-0.15, -0.1) is 0 Å². The topological polar surface area (TPSA) is 65.2 Å². The van der Waals surface area contributed by atoms with Crippen LogP contribution in [0.4, 0.5) is 0 Å². The second-order valence-electron chi connectivity index (χ2n) is 3.34. The predicted molar refractivity (Wildman–Crippen MR) is 51.4 cm³/mol. The first-order chi connectivity index (χ1) is 6.72. The molecule has 0 aromatic rings. The Balaban J connectivity index is 2.38. The van der Waals surface area contributed by atoms with E-state index >= 15 is 0 Å². The van der Waals surface area contributed by atoms with Gasteiger partial charge in [0.05, 0.1) is 0 Å². The van der Waals surface area contributed by atoms with Crippen molar-refractivity contribution >= 4 is 12.1 Å². The van der Waals surface area contributed by atoms with E-state index in [4.69, 9.17) is 5.26 Å². The van der Waals surface area contributed by atoms with E-state index in [1.165, 1.54) is 0 Å². The summed E-state index contributed by atoms with van der Waals surface area (Å²) < 4.78 is 0. The summed E-state index contributed by atoms with van der Waals surface area (Å²) in [7, 11) is 0. The van der Waals surface area contributed by atoms with E-state index in [1.807, 2.05) is 6.07 Å². The second-order valence-corrected chi connectivity index (χ2v) is 3.34. The van der Waals surface area contributed by atoms with Crippen LogP contribution in [-0.2, 0) is 4.79 Å². The van der Waals surface area contributed by atoms with Crippen LogP contribution in [0.3, 0.4) is 0 Å². The molecule has 0 bridgehead atoms. The number of amides is 1. The van der Waals surface area contributed by atoms with Gasteiger partial charge < -0.3 is 5.32 Å². The molecule has 0 spiro atoms. The zero-order valence-corrected chi connectivity index (χ0v) is 7.53. The van der Waals surface area contributed by atoms with Crippen LogP contribution in [0.25, 0.3) is 0 Å². The monoisotopic (exact) mass is 187 g/mol. The van der Waals surface area contributed by atoms with Gasteiger partial charge in [-0.25, -0.2) is 0 Å². The van der Waals surface area contributed by atoms with Crippen molar-refractivity contribution in [3.05, 3.63) is 23.9 Å². The van der Waals surface area contributed by atoms with E-state index in [1.54, 1.807) is 12.3 Å². The predicted octanol–water partition coefficient (Wildman–Crippen LogP) is 0.539. The Hall–Kier alpha value is -1.89. The summed E-state index contributed by atoms with van der Waals surface area (Å²) in [5.74, 6) is -0.316. The molecule has 70 valence electrons. The maximum atomic E-state index is 11.3. The van der Waals surface area contributed by atoms with Crippen molar-refractivity contribution in [2.24, 2.45) is 10.9 Å². The Bertz CT molecular complexity index is 400. The molecule has 4 heteroatoms. The van der Waals surface area contributed by atoms with E-state index in [9.17, 15) is 4.79 Å². The molecule has 2 heterocycles. The molecule has 14 heavy (non-hydrogen) atoms. The molecule has 0 unspecified atom stereocenters. The Kier molecular flexibility index (Phi) is 1.93. The van der Waals surface area contributed by atoms with Crippen LogP contribution in [0.15, 0.2) is 28.9 Å². The van der Waals surface area contributed by atoms with Crippen LogP contribution in [-0.4, -0.2) is 18.2 Å². The zero-order valence-electron chi connectivity index (χ0n) is 7.53. The third kappa shape index (κ3) is 1.23. The van der Waals surface area contributed by atoms with E-state index in [0.717, 1.165) is 0 Å². The average molecular weight is 187 g/mol. The van der Waals surface area contributed by atoms with Gasteiger partial charge in [0, 0.05) is 30.3 Å². The highest BCUT2D eigenvalue weighted by molar-refractivity contribution is 5.98. The van der Waals surface area contributed by atoms with Crippen molar-refractivity contribution < 1.29 is 4.79 Å². The summed E-state index contributed by atoms with van der Waals surface area (Å²) in [5, 5.41) is 11.5. The fourth-order valence-electron chi connectivity index (χ4n) is 1.70. The first kappa shape index (κ1) is 8.70. The minimum Gasteiger partial charge on any atom is -0.347 e. The third-order valence-electron chi connectivity index (χ3n) is 2.46. The fourth-order valence-corrected chi connectivity index (χ4v) is 1.70. The molecule has 0 radical (unpaired) electrons.